The lowest BCUT2D eigenvalue weighted by atomic mass is 10.1. The monoisotopic (exact) mass is 296 g/mol. The van der Waals surface area contributed by atoms with E-state index in [9.17, 15) is 9.59 Å². The van der Waals surface area contributed by atoms with Crippen molar-refractivity contribution in [2.45, 2.75) is 13.8 Å². The van der Waals surface area contributed by atoms with Crippen molar-refractivity contribution in [1.82, 2.24) is 0 Å². The Balaban J connectivity index is 1.91. The van der Waals surface area contributed by atoms with Crippen molar-refractivity contribution in [2.24, 2.45) is 9.98 Å². The molecule has 0 aliphatic carbocycles. The van der Waals surface area contributed by atoms with E-state index in [2.05, 4.69) is 9.98 Å². The lowest BCUT2D eigenvalue weighted by Crippen LogP contribution is -2.00. The summed E-state index contributed by atoms with van der Waals surface area (Å²) < 4.78 is 9.72. The van der Waals surface area contributed by atoms with Gasteiger partial charge in [0.05, 0.1) is 0 Å². The van der Waals surface area contributed by atoms with Crippen LogP contribution in [-0.2, 0) is 19.1 Å². The molecule has 1 aromatic carbocycles. The highest BCUT2D eigenvalue weighted by Crippen LogP contribution is 2.19. The normalized spacial score (nSPS) is 21.0. The van der Waals surface area contributed by atoms with Crippen LogP contribution in [-0.4, -0.2) is 23.7 Å². The fourth-order valence-electron chi connectivity index (χ4n) is 2.09. The lowest BCUT2D eigenvalue weighted by Gasteiger charge is -1.98. The zero-order valence-electron chi connectivity index (χ0n) is 12.0. The first kappa shape index (κ1) is 13.9. The Kier molecular flexibility index (Phi) is 3.42. The molecule has 0 spiro atoms. The van der Waals surface area contributed by atoms with Gasteiger partial charge in [-0.05, 0) is 29.3 Å². The first-order chi connectivity index (χ1) is 10.5. The highest BCUT2D eigenvalue weighted by Gasteiger charge is 2.20. The Labute approximate surface area is 126 Å². The molecule has 110 valence electrons. The minimum Gasteiger partial charge on any atom is -0.407 e. The van der Waals surface area contributed by atoms with Gasteiger partial charge in [-0.1, -0.05) is 18.2 Å². The topological polar surface area (TPSA) is 77.3 Å². The summed E-state index contributed by atoms with van der Waals surface area (Å²) in [5, 5.41) is 0. The van der Waals surface area contributed by atoms with E-state index in [1.54, 1.807) is 26.0 Å². The van der Waals surface area contributed by atoms with E-state index in [4.69, 9.17) is 9.47 Å². The molecule has 2 aliphatic rings. The number of carbonyl (C=O) groups excluding carboxylic acids is 2. The molecule has 6 heteroatoms. The number of hydrogen-bond acceptors (Lipinski definition) is 6. The summed E-state index contributed by atoms with van der Waals surface area (Å²) in [6, 6.07) is 7.28. The van der Waals surface area contributed by atoms with E-state index in [0.29, 0.717) is 11.8 Å². The quantitative estimate of drug-likeness (QED) is 0.620. The largest absolute Gasteiger partial charge is 0.407 e. The van der Waals surface area contributed by atoms with Crippen LogP contribution in [0, 0.1) is 0 Å². The minimum absolute atomic E-state index is 0.247. The molecule has 0 atom stereocenters. The van der Waals surface area contributed by atoms with Gasteiger partial charge in [0.2, 0.25) is 0 Å². The van der Waals surface area contributed by atoms with Crippen molar-refractivity contribution < 1.29 is 19.1 Å². The van der Waals surface area contributed by atoms with Gasteiger partial charge in [0.25, 0.3) is 0 Å². The maximum absolute atomic E-state index is 11.5. The molecule has 0 N–H and O–H groups in total. The van der Waals surface area contributed by atoms with E-state index in [1.807, 2.05) is 24.3 Å². The zero-order chi connectivity index (χ0) is 15.7. The highest BCUT2D eigenvalue weighted by atomic mass is 16.6. The van der Waals surface area contributed by atoms with Gasteiger partial charge in [0.1, 0.15) is 0 Å². The maximum atomic E-state index is 11.5. The molecule has 3 rings (SSSR count). The molecule has 2 heterocycles. The molecule has 2 aliphatic heterocycles. The number of aliphatic imine (C=N–C) groups is 2. The molecule has 0 fully saturated rings. The van der Waals surface area contributed by atoms with E-state index < -0.39 is 11.9 Å². The fourth-order valence-corrected chi connectivity index (χ4v) is 2.09. The first-order valence-electron chi connectivity index (χ1n) is 6.60. The van der Waals surface area contributed by atoms with Crippen molar-refractivity contribution in [3.63, 3.8) is 0 Å². The number of ether oxygens (including phenoxy) is 2. The number of rotatable bonds is 2. The smallest absolute Gasteiger partial charge is 0.363 e. The zero-order valence-corrected chi connectivity index (χ0v) is 12.0. The second kappa shape index (κ2) is 5.40. The Morgan fingerprint density at radius 3 is 1.68 bits per heavy atom. The van der Waals surface area contributed by atoms with Crippen LogP contribution in [0.5, 0.6) is 0 Å². The summed E-state index contributed by atoms with van der Waals surface area (Å²) in [6.45, 7) is 3.23. The third kappa shape index (κ3) is 2.85. The molecular formula is C16H12N2O4. The first-order valence-corrected chi connectivity index (χ1v) is 6.60. The van der Waals surface area contributed by atoms with Gasteiger partial charge in [-0.2, -0.15) is 0 Å². The predicted molar refractivity (Wildman–Crippen MR) is 80.8 cm³/mol. The number of nitrogens with zero attached hydrogens (tertiary/aromatic N) is 2. The van der Waals surface area contributed by atoms with Crippen LogP contribution in [0.1, 0.15) is 25.0 Å². The average molecular weight is 296 g/mol. The molecular weight excluding hydrogens is 284 g/mol. The van der Waals surface area contributed by atoms with Crippen molar-refractivity contribution in [3.05, 3.63) is 46.8 Å². The van der Waals surface area contributed by atoms with Gasteiger partial charge in [0.15, 0.2) is 23.2 Å². The maximum Gasteiger partial charge on any atom is 0.363 e. The van der Waals surface area contributed by atoms with Crippen molar-refractivity contribution in [1.29, 1.82) is 0 Å². The second-order valence-electron chi connectivity index (χ2n) is 4.77. The third-order valence-electron chi connectivity index (χ3n) is 2.97. The number of benzene rings is 1. The summed E-state index contributed by atoms with van der Waals surface area (Å²) >= 11 is 0. The standard InChI is InChI=1S/C16H12N2O4/c1-9-17-13(15(19)21-9)7-11-4-3-5-12(6-11)8-14-16(20)22-10(2)18-14/h3-8H,1-2H3/b13-7+,14-8+. The lowest BCUT2D eigenvalue weighted by molar-refractivity contribution is -0.130. The third-order valence-corrected chi connectivity index (χ3v) is 2.97. The highest BCUT2D eigenvalue weighted by molar-refractivity contribution is 6.07. The fraction of sp³-hybridized carbons (Fsp3) is 0.125. The van der Waals surface area contributed by atoms with Crippen molar-refractivity contribution in [3.8, 4) is 0 Å². The van der Waals surface area contributed by atoms with Gasteiger partial charge in [-0.3, -0.25) is 0 Å². The van der Waals surface area contributed by atoms with Gasteiger partial charge in [0, 0.05) is 13.8 Å². The van der Waals surface area contributed by atoms with Crippen molar-refractivity contribution in [2.75, 3.05) is 0 Å². The van der Waals surface area contributed by atoms with Crippen LogP contribution in [0.4, 0.5) is 0 Å². The molecule has 0 unspecified atom stereocenters. The van der Waals surface area contributed by atoms with Crippen LogP contribution >= 0.6 is 0 Å². The minimum atomic E-state index is -0.471. The molecule has 22 heavy (non-hydrogen) atoms. The Morgan fingerprint density at radius 1 is 0.864 bits per heavy atom. The Bertz CT molecular complexity index is 737. The van der Waals surface area contributed by atoms with Gasteiger partial charge < -0.3 is 9.47 Å². The molecule has 0 saturated carbocycles. The van der Waals surface area contributed by atoms with Crippen molar-refractivity contribution >= 4 is 35.9 Å². The SMILES string of the molecule is CC1=N/C(=C/c2cccc(/C=C3/N=C(C)OC3=O)c2)C(=O)O1. The Morgan fingerprint density at radius 2 is 1.32 bits per heavy atom. The molecule has 0 saturated heterocycles. The number of carbonyl (C=O) groups is 2. The van der Waals surface area contributed by atoms with E-state index in [-0.39, 0.29) is 11.4 Å². The van der Waals surface area contributed by atoms with E-state index in [0.717, 1.165) is 11.1 Å². The summed E-state index contributed by atoms with van der Waals surface area (Å²) in [6.07, 6.45) is 3.25. The number of cyclic esters (lactones) is 2. The van der Waals surface area contributed by atoms with Gasteiger partial charge >= 0.3 is 11.9 Å². The van der Waals surface area contributed by atoms with Crippen LogP contribution in [0.3, 0.4) is 0 Å². The molecule has 0 bridgehead atoms. The number of hydrogen-bond donors (Lipinski definition) is 0. The van der Waals surface area contributed by atoms with Gasteiger partial charge in [-0.15, -0.1) is 0 Å². The van der Waals surface area contributed by atoms with Crippen LogP contribution in [0.25, 0.3) is 12.2 Å². The van der Waals surface area contributed by atoms with E-state index >= 15 is 0 Å². The molecule has 0 radical (unpaired) electrons. The number of esters is 2. The summed E-state index contributed by atoms with van der Waals surface area (Å²) in [5.41, 5.74) is 2.03. The predicted octanol–water partition coefficient (Wildman–Crippen LogP) is 2.32. The summed E-state index contributed by atoms with van der Waals surface area (Å²) in [4.78, 5) is 31.1. The molecule has 0 amide bonds. The summed E-state index contributed by atoms with van der Waals surface area (Å²) in [7, 11) is 0. The van der Waals surface area contributed by atoms with Gasteiger partial charge in [-0.25, -0.2) is 19.6 Å². The Hall–Kier alpha value is -3.02. The average Bonchev–Trinajstić information content (AvgIpc) is 2.92. The van der Waals surface area contributed by atoms with E-state index in [1.165, 1.54) is 0 Å². The molecule has 6 nitrogen and oxygen atoms in total. The van der Waals surface area contributed by atoms with Crippen LogP contribution in [0.15, 0.2) is 45.6 Å². The summed E-state index contributed by atoms with van der Waals surface area (Å²) in [5.74, 6) is -0.289. The molecule has 1 aromatic rings. The van der Waals surface area contributed by atoms with Crippen LogP contribution < -0.4 is 0 Å². The van der Waals surface area contributed by atoms with Crippen LogP contribution in [0.2, 0.25) is 0 Å². The molecule has 0 aromatic heterocycles. The second-order valence-corrected chi connectivity index (χ2v) is 4.77.